The van der Waals surface area contributed by atoms with Crippen LogP contribution in [-0.2, 0) is 13.6 Å². The van der Waals surface area contributed by atoms with Crippen molar-refractivity contribution in [3.63, 3.8) is 0 Å². The van der Waals surface area contributed by atoms with Gasteiger partial charge in [-0.05, 0) is 24.3 Å². The molecule has 1 amide bonds. The van der Waals surface area contributed by atoms with Crippen LogP contribution in [0.4, 0.5) is 0 Å². The highest BCUT2D eigenvalue weighted by Crippen LogP contribution is 2.11. The molecule has 0 aliphatic rings. The summed E-state index contributed by atoms with van der Waals surface area (Å²) in [5.41, 5.74) is 0.602. The first-order valence-electron chi connectivity index (χ1n) is 5.59. The number of benzene rings is 1. The van der Waals surface area contributed by atoms with Gasteiger partial charge in [0.05, 0.1) is 13.7 Å². The summed E-state index contributed by atoms with van der Waals surface area (Å²) in [6, 6.07) is 6.98. The van der Waals surface area contributed by atoms with Gasteiger partial charge in [-0.25, -0.2) is 4.98 Å². The molecule has 1 heterocycles. The standard InChI is InChI=1S/C13H15N3O2/c1-16-8-7-14-12(16)9-15-13(17)10-3-5-11(18-2)6-4-10/h3-8H,9H2,1-2H3,(H,15,17). The van der Waals surface area contributed by atoms with E-state index in [2.05, 4.69) is 10.3 Å². The maximum Gasteiger partial charge on any atom is 0.251 e. The average molecular weight is 245 g/mol. The quantitative estimate of drug-likeness (QED) is 0.884. The Balaban J connectivity index is 1.97. The zero-order chi connectivity index (χ0) is 13.0. The SMILES string of the molecule is COc1ccc(C(=O)NCc2nccn2C)cc1. The molecule has 5 heteroatoms. The number of hydrogen-bond donors (Lipinski definition) is 1. The maximum atomic E-state index is 11.9. The highest BCUT2D eigenvalue weighted by atomic mass is 16.5. The molecule has 1 aromatic carbocycles. The van der Waals surface area contributed by atoms with Crippen molar-refractivity contribution in [3.05, 3.63) is 48.0 Å². The highest BCUT2D eigenvalue weighted by Gasteiger charge is 2.06. The van der Waals surface area contributed by atoms with E-state index in [0.29, 0.717) is 12.1 Å². The van der Waals surface area contributed by atoms with Crippen LogP contribution < -0.4 is 10.1 Å². The van der Waals surface area contributed by atoms with E-state index in [1.165, 1.54) is 0 Å². The minimum atomic E-state index is -0.124. The second-order valence-corrected chi connectivity index (χ2v) is 3.87. The fourth-order valence-corrected chi connectivity index (χ4v) is 1.57. The van der Waals surface area contributed by atoms with Gasteiger partial charge in [-0.1, -0.05) is 0 Å². The van der Waals surface area contributed by atoms with Crippen LogP contribution >= 0.6 is 0 Å². The fourth-order valence-electron chi connectivity index (χ4n) is 1.57. The van der Waals surface area contributed by atoms with Gasteiger partial charge in [-0.2, -0.15) is 0 Å². The lowest BCUT2D eigenvalue weighted by Crippen LogP contribution is -2.24. The molecular weight excluding hydrogens is 230 g/mol. The number of aryl methyl sites for hydroxylation is 1. The van der Waals surface area contributed by atoms with Crippen molar-refractivity contribution in [2.75, 3.05) is 7.11 Å². The van der Waals surface area contributed by atoms with E-state index in [1.54, 1.807) is 37.6 Å². The Labute approximate surface area is 105 Å². The topological polar surface area (TPSA) is 56.1 Å². The molecule has 1 aromatic heterocycles. The van der Waals surface area contributed by atoms with E-state index in [-0.39, 0.29) is 5.91 Å². The minimum absolute atomic E-state index is 0.124. The number of imidazole rings is 1. The Morgan fingerprint density at radius 2 is 2.11 bits per heavy atom. The van der Waals surface area contributed by atoms with Crippen molar-refractivity contribution in [3.8, 4) is 5.75 Å². The van der Waals surface area contributed by atoms with Crippen LogP contribution in [0.3, 0.4) is 0 Å². The summed E-state index contributed by atoms with van der Waals surface area (Å²) in [7, 11) is 3.48. The lowest BCUT2D eigenvalue weighted by atomic mass is 10.2. The van der Waals surface area contributed by atoms with Crippen molar-refractivity contribution in [1.82, 2.24) is 14.9 Å². The summed E-state index contributed by atoms with van der Waals surface area (Å²) in [5.74, 6) is 1.42. The molecule has 0 spiro atoms. The number of carbonyl (C=O) groups is 1. The summed E-state index contributed by atoms with van der Waals surface area (Å²) in [6.45, 7) is 0.411. The molecule has 0 bridgehead atoms. The molecule has 0 saturated heterocycles. The maximum absolute atomic E-state index is 11.9. The van der Waals surface area contributed by atoms with E-state index < -0.39 is 0 Å². The summed E-state index contributed by atoms with van der Waals surface area (Å²) in [6.07, 6.45) is 3.55. The number of methoxy groups -OCH3 is 1. The van der Waals surface area contributed by atoms with Crippen LogP contribution in [0.2, 0.25) is 0 Å². The van der Waals surface area contributed by atoms with Crippen LogP contribution in [0, 0.1) is 0 Å². The number of rotatable bonds is 4. The number of carbonyl (C=O) groups excluding carboxylic acids is 1. The third kappa shape index (κ3) is 2.68. The van der Waals surface area contributed by atoms with Crippen LogP contribution in [0.5, 0.6) is 5.75 Å². The third-order valence-electron chi connectivity index (χ3n) is 2.68. The normalized spacial score (nSPS) is 10.1. The van der Waals surface area contributed by atoms with Crippen LogP contribution in [0.1, 0.15) is 16.2 Å². The Bertz CT molecular complexity index is 531. The number of hydrogen-bond acceptors (Lipinski definition) is 3. The van der Waals surface area contributed by atoms with Gasteiger partial charge in [0.1, 0.15) is 11.6 Å². The number of ether oxygens (including phenoxy) is 1. The van der Waals surface area contributed by atoms with Crippen LogP contribution in [0.25, 0.3) is 0 Å². The monoisotopic (exact) mass is 245 g/mol. The molecule has 0 aliphatic heterocycles. The van der Waals surface area contributed by atoms with Gasteiger partial charge in [-0.3, -0.25) is 4.79 Å². The predicted molar refractivity (Wildman–Crippen MR) is 67.4 cm³/mol. The molecule has 0 atom stereocenters. The zero-order valence-corrected chi connectivity index (χ0v) is 10.4. The Morgan fingerprint density at radius 1 is 1.39 bits per heavy atom. The molecular formula is C13H15N3O2. The van der Waals surface area contributed by atoms with Crippen molar-refractivity contribution >= 4 is 5.91 Å². The van der Waals surface area contributed by atoms with Gasteiger partial charge in [-0.15, -0.1) is 0 Å². The van der Waals surface area contributed by atoms with E-state index in [9.17, 15) is 4.79 Å². The molecule has 0 radical (unpaired) electrons. The number of nitrogens with one attached hydrogen (secondary N) is 1. The average Bonchev–Trinajstić information content (AvgIpc) is 2.81. The third-order valence-corrected chi connectivity index (χ3v) is 2.68. The molecule has 0 unspecified atom stereocenters. The Kier molecular flexibility index (Phi) is 3.62. The molecule has 1 N–H and O–H groups in total. The Morgan fingerprint density at radius 3 is 2.67 bits per heavy atom. The van der Waals surface area contributed by atoms with E-state index in [4.69, 9.17) is 4.74 Å². The smallest absolute Gasteiger partial charge is 0.251 e. The molecule has 18 heavy (non-hydrogen) atoms. The van der Waals surface area contributed by atoms with Crippen molar-refractivity contribution in [1.29, 1.82) is 0 Å². The van der Waals surface area contributed by atoms with Gasteiger partial charge in [0.2, 0.25) is 0 Å². The van der Waals surface area contributed by atoms with Gasteiger partial charge in [0, 0.05) is 25.0 Å². The predicted octanol–water partition coefficient (Wildman–Crippen LogP) is 1.36. The zero-order valence-electron chi connectivity index (χ0n) is 10.4. The van der Waals surface area contributed by atoms with E-state index in [0.717, 1.165) is 11.6 Å². The summed E-state index contributed by atoms with van der Waals surface area (Å²) in [5, 5.41) is 2.82. The molecule has 0 aliphatic carbocycles. The molecule has 94 valence electrons. The molecule has 2 aromatic rings. The summed E-state index contributed by atoms with van der Waals surface area (Å²) in [4.78, 5) is 16.0. The van der Waals surface area contributed by atoms with Gasteiger partial charge in [0.15, 0.2) is 0 Å². The first-order valence-corrected chi connectivity index (χ1v) is 5.59. The van der Waals surface area contributed by atoms with Gasteiger partial charge >= 0.3 is 0 Å². The van der Waals surface area contributed by atoms with Crippen molar-refractivity contribution in [2.24, 2.45) is 7.05 Å². The molecule has 0 saturated carbocycles. The van der Waals surface area contributed by atoms with Gasteiger partial charge < -0.3 is 14.6 Å². The number of aromatic nitrogens is 2. The summed E-state index contributed by atoms with van der Waals surface area (Å²) < 4.78 is 6.91. The number of nitrogens with zero attached hydrogens (tertiary/aromatic N) is 2. The largest absolute Gasteiger partial charge is 0.497 e. The molecule has 0 fully saturated rings. The van der Waals surface area contributed by atoms with Crippen LogP contribution in [-0.4, -0.2) is 22.6 Å². The second kappa shape index (κ2) is 5.35. The van der Waals surface area contributed by atoms with Crippen LogP contribution in [0.15, 0.2) is 36.7 Å². The molecule has 5 nitrogen and oxygen atoms in total. The van der Waals surface area contributed by atoms with Crippen molar-refractivity contribution in [2.45, 2.75) is 6.54 Å². The minimum Gasteiger partial charge on any atom is -0.497 e. The van der Waals surface area contributed by atoms with E-state index in [1.807, 2.05) is 17.8 Å². The first-order chi connectivity index (χ1) is 8.70. The Hall–Kier alpha value is -2.30. The lowest BCUT2D eigenvalue weighted by molar-refractivity contribution is 0.0949. The highest BCUT2D eigenvalue weighted by molar-refractivity contribution is 5.94. The van der Waals surface area contributed by atoms with Crippen molar-refractivity contribution < 1.29 is 9.53 Å². The molecule has 2 rings (SSSR count). The first kappa shape index (κ1) is 12.2. The fraction of sp³-hybridized carbons (Fsp3) is 0.231. The van der Waals surface area contributed by atoms with E-state index >= 15 is 0 Å². The van der Waals surface area contributed by atoms with Gasteiger partial charge in [0.25, 0.3) is 5.91 Å². The number of amides is 1. The lowest BCUT2D eigenvalue weighted by Gasteiger charge is -2.06. The summed E-state index contributed by atoms with van der Waals surface area (Å²) >= 11 is 0. The second-order valence-electron chi connectivity index (χ2n) is 3.87.